The van der Waals surface area contributed by atoms with Gasteiger partial charge in [0.1, 0.15) is 18.1 Å². The quantitative estimate of drug-likeness (QED) is 0.337. The Morgan fingerprint density at radius 3 is 2.32 bits per heavy atom. The van der Waals surface area contributed by atoms with Crippen molar-refractivity contribution in [2.24, 2.45) is 0 Å². The number of nitrogens with one attached hydrogen (secondary N) is 1. The Labute approximate surface area is 201 Å². The van der Waals surface area contributed by atoms with Crippen LogP contribution < -0.4 is 14.8 Å². The van der Waals surface area contributed by atoms with E-state index in [9.17, 15) is 4.79 Å². The fraction of sp³-hybridized carbons (Fsp3) is 0.174. The number of aryl methyl sites for hydroxylation is 1. The lowest BCUT2D eigenvalue weighted by atomic mass is 10.1. The fourth-order valence-corrected chi connectivity index (χ4v) is 3.52. The maximum absolute atomic E-state index is 12.8. The molecule has 0 aliphatic rings. The van der Waals surface area contributed by atoms with E-state index in [1.807, 2.05) is 19.9 Å². The number of halogens is 4. The SMILES string of the molecule is CCOc1ccc(C(=O)Nc2cc(Cl)c(Cl)cc2Cl)cc1COc1ccc(Cl)c(C)c1. The molecular formula is C23H19Cl4NO3. The van der Waals surface area contributed by atoms with E-state index in [0.717, 1.165) is 11.1 Å². The molecule has 0 aliphatic heterocycles. The van der Waals surface area contributed by atoms with Gasteiger partial charge >= 0.3 is 0 Å². The van der Waals surface area contributed by atoms with E-state index >= 15 is 0 Å². The Morgan fingerprint density at radius 1 is 0.871 bits per heavy atom. The predicted octanol–water partition coefficient (Wildman–Crippen LogP) is 7.84. The second kappa shape index (κ2) is 10.5. The van der Waals surface area contributed by atoms with E-state index in [-0.39, 0.29) is 17.5 Å². The van der Waals surface area contributed by atoms with Gasteiger partial charge in [0.15, 0.2) is 0 Å². The standard InChI is InChI=1S/C23H19Cl4NO3/c1-3-30-22-7-4-14(23(29)28-21-11-19(26)18(25)10-20(21)27)9-15(22)12-31-16-5-6-17(24)13(2)8-16/h4-11H,3,12H2,1-2H3,(H,28,29). The highest BCUT2D eigenvalue weighted by atomic mass is 35.5. The number of rotatable bonds is 7. The number of carbonyl (C=O) groups excluding carboxylic acids is 1. The van der Waals surface area contributed by atoms with Gasteiger partial charge in [0.25, 0.3) is 5.91 Å². The summed E-state index contributed by atoms with van der Waals surface area (Å²) in [5, 5.41) is 4.31. The largest absolute Gasteiger partial charge is 0.493 e. The lowest BCUT2D eigenvalue weighted by Gasteiger charge is -2.14. The number of hydrogen-bond acceptors (Lipinski definition) is 3. The molecule has 0 heterocycles. The second-order valence-corrected chi connectivity index (χ2v) is 8.28. The van der Waals surface area contributed by atoms with Crippen molar-refractivity contribution < 1.29 is 14.3 Å². The molecule has 0 saturated heterocycles. The third-order valence-electron chi connectivity index (χ3n) is 4.40. The molecule has 3 rings (SSSR count). The molecule has 0 fully saturated rings. The number of anilines is 1. The molecule has 162 valence electrons. The maximum Gasteiger partial charge on any atom is 0.255 e. The lowest BCUT2D eigenvalue weighted by Crippen LogP contribution is -2.13. The Bertz CT molecular complexity index is 1120. The zero-order valence-electron chi connectivity index (χ0n) is 16.8. The van der Waals surface area contributed by atoms with Crippen molar-refractivity contribution in [1.82, 2.24) is 0 Å². The monoisotopic (exact) mass is 497 g/mol. The Morgan fingerprint density at radius 2 is 1.61 bits per heavy atom. The van der Waals surface area contributed by atoms with E-state index in [4.69, 9.17) is 55.9 Å². The zero-order chi connectivity index (χ0) is 22.5. The minimum absolute atomic E-state index is 0.213. The molecule has 1 amide bonds. The Hall–Kier alpha value is -2.11. The van der Waals surface area contributed by atoms with Gasteiger partial charge in [-0.3, -0.25) is 4.79 Å². The minimum atomic E-state index is -0.355. The highest BCUT2D eigenvalue weighted by Gasteiger charge is 2.14. The predicted molar refractivity (Wildman–Crippen MR) is 128 cm³/mol. The summed E-state index contributed by atoms with van der Waals surface area (Å²) in [4.78, 5) is 12.8. The molecule has 1 N–H and O–H groups in total. The highest BCUT2D eigenvalue weighted by Crippen LogP contribution is 2.33. The molecule has 31 heavy (non-hydrogen) atoms. The van der Waals surface area contributed by atoms with Gasteiger partial charge in [0.05, 0.1) is 27.4 Å². The van der Waals surface area contributed by atoms with Gasteiger partial charge in [-0.25, -0.2) is 0 Å². The van der Waals surface area contributed by atoms with Gasteiger partial charge in [-0.1, -0.05) is 46.4 Å². The van der Waals surface area contributed by atoms with Crippen LogP contribution >= 0.6 is 46.4 Å². The summed E-state index contributed by atoms with van der Waals surface area (Å²) in [5.41, 5.74) is 2.42. The Kier molecular flexibility index (Phi) is 7.95. The first kappa shape index (κ1) is 23.6. The van der Waals surface area contributed by atoms with Crippen LogP contribution in [0.4, 0.5) is 5.69 Å². The maximum atomic E-state index is 12.8. The van der Waals surface area contributed by atoms with Crippen molar-refractivity contribution in [3.8, 4) is 11.5 Å². The molecule has 8 heteroatoms. The number of benzene rings is 3. The van der Waals surface area contributed by atoms with Crippen molar-refractivity contribution in [2.45, 2.75) is 20.5 Å². The zero-order valence-corrected chi connectivity index (χ0v) is 19.8. The van der Waals surface area contributed by atoms with Crippen LogP contribution in [0.15, 0.2) is 48.5 Å². The highest BCUT2D eigenvalue weighted by molar-refractivity contribution is 6.44. The topological polar surface area (TPSA) is 47.6 Å². The van der Waals surface area contributed by atoms with Crippen LogP contribution in [-0.2, 0) is 6.61 Å². The molecule has 0 radical (unpaired) electrons. The van der Waals surface area contributed by atoms with Crippen LogP contribution in [0.3, 0.4) is 0 Å². The van der Waals surface area contributed by atoms with Gasteiger partial charge in [0.2, 0.25) is 0 Å². The van der Waals surface area contributed by atoms with Crippen LogP contribution in [0.5, 0.6) is 11.5 Å². The summed E-state index contributed by atoms with van der Waals surface area (Å²) in [6.07, 6.45) is 0. The van der Waals surface area contributed by atoms with Crippen LogP contribution in [-0.4, -0.2) is 12.5 Å². The minimum Gasteiger partial charge on any atom is -0.493 e. The molecule has 3 aromatic rings. The summed E-state index contributed by atoms with van der Waals surface area (Å²) in [6.45, 7) is 4.49. The third-order valence-corrected chi connectivity index (χ3v) is 5.86. The van der Waals surface area contributed by atoms with Gasteiger partial charge in [-0.05, 0) is 67.9 Å². The number of amides is 1. The molecular weight excluding hydrogens is 480 g/mol. The summed E-state index contributed by atoms with van der Waals surface area (Å²) >= 11 is 24.2. The van der Waals surface area contributed by atoms with Crippen LogP contribution in [0, 0.1) is 6.92 Å². The molecule has 4 nitrogen and oxygen atoms in total. The van der Waals surface area contributed by atoms with Gasteiger partial charge in [-0.2, -0.15) is 0 Å². The first-order chi connectivity index (χ1) is 14.8. The second-order valence-electron chi connectivity index (χ2n) is 6.66. The van der Waals surface area contributed by atoms with E-state index < -0.39 is 0 Å². The summed E-state index contributed by atoms with van der Waals surface area (Å²) in [6, 6.07) is 13.5. The molecule has 0 spiro atoms. The van der Waals surface area contributed by atoms with Crippen LogP contribution in [0.25, 0.3) is 0 Å². The van der Waals surface area contributed by atoms with Crippen molar-refractivity contribution in [3.63, 3.8) is 0 Å². The van der Waals surface area contributed by atoms with E-state index in [1.165, 1.54) is 12.1 Å². The number of carbonyl (C=O) groups is 1. The average Bonchev–Trinajstić information content (AvgIpc) is 2.73. The van der Waals surface area contributed by atoms with E-state index in [1.54, 1.807) is 30.3 Å². The molecule has 0 bridgehead atoms. The number of hydrogen-bond donors (Lipinski definition) is 1. The smallest absolute Gasteiger partial charge is 0.255 e. The normalized spacial score (nSPS) is 10.6. The molecule has 0 aliphatic carbocycles. The lowest BCUT2D eigenvalue weighted by molar-refractivity contribution is 0.102. The average molecular weight is 499 g/mol. The molecule has 0 unspecified atom stereocenters. The molecule has 0 aromatic heterocycles. The Balaban J connectivity index is 1.82. The summed E-state index contributed by atoms with van der Waals surface area (Å²) < 4.78 is 11.6. The van der Waals surface area contributed by atoms with E-state index in [0.29, 0.717) is 44.4 Å². The molecule has 3 aromatic carbocycles. The van der Waals surface area contributed by atoms with Crippen molar-refractivity contribution in [2.75, 3.05) is 11.9 Å². The van der Waals surface area contributed by atoms with Crippen LogP contribution in [0.1, 0.15) is 28.4 Å². The molecule has 0 saturated carbocycles. The number of ether oxygens (including phenoxy) is 2. The third kappa shape index (κ3) is 5.98. The van der Waals surface area contributed by atoms with Crippen molar-refractivity contribution >= 4 is 58.0 Å². The van der Waals surface area contributed by atoms with Gasteiger partial charge < -0.3 is 14.8 Å². The van der Waals surface area contributed by atoms with Gasteiger partial charge in [-0.15, -0.1) is 0 Å². The van der Waals surface area contributed by atoms with E-state index in [2.05, 4.69) is 5.32 Å². The summed E-state index contributed by atoms with van der Waals surface area (Å²) in [5.74, 6) is 0.950. The van der Waals surface area contributed by atoms with Crippen molar-refractivity contribution in [1.29, 1.82) is 0 Å². The molecule has 0 atom stereocenters. The van der Waals surface area contributed by atoms with Gasteiger partial charge in [0, 0.05) is 16.1 Å². The first-order valence-corrected chi connectivity index (χ1v) is 10.9. The van der Waals surface area contributed by atoms with Crippen molar-refractivity contribution in [3.05, 3.63) is 85.3 Å². The first-order valence-electron chi connectivity index (χ1n) is 9.39. The van der Waals surface area contributed by atoms with Crippen LogP contribution in [0.2, 0.25) is 20.1 Å². The fourth-order valence-electron chi connectivity index (χ4n) is 2.81. The summed E-state index contributed by atoms with van der Waals surface area (Å²) in [7, 11) is 0.